The lowest BCUT2D eigenvalue weighted by Gasteiger charge is -2.18. The molecule has 0 saturated carbocycles. The molecule has 2 aromatic rings. The molecule has 6 nitrogen and oxygen atoms in total. The van der Waals surface area contributed by atoms with Gasteiger partial charge in [-0.05, 0) is 35.4 Å². The van der Waals surface area contributed by atoms with Gasteiger partial charge in [-0.1, -0.05) is 18.2 Å². The van der Waals surface area contributed by atoms with E-state index in [2.05, 4.69) is 0 Å². The summed E-state index contributed by atoms with van der Waals surface area (Å²) in [6, 6.07) is 8.73. The predicted octanol–water partition coefficient (Wildman–Crippen LogP) is 2.62. The van der Waals surface area contributed by atoms with Gasteiger partial charge in [0.15, 0.2) is 23.0 Å². The lowest BCUT2D eigenvalue weighted by atomic mass is 9.90. The summed E-state index contributed by atoms with van der Waals surface area (Å²) in [4.78, 5) is 0. The van der Waals surface area contributed by atoms with E-state index >= 15 is 0 Å². The molecule has 1 aliphatic heterocycles. The van der Waals surface area contributed by atoms with Crippen LogP contribution in [0.4, 0.5) is 0 Å². The van der Waals surface area contributed by atoms with Crippen LogP contribution < -0.4 is 14.2 Å². The lowest BCUT2D eigenvalue weighted by Crippen LogP contribution is -2.13. The van der Waals surface area contributed by atoms with E-state index in [-0.39, 0.29) is 24.9 Å². The summed E-state index contributed by atoms with van der Waals surface area (Å²) in [5.41, 5.74) is 2.46. The highest BCUT2D eigenvalue weighted by Gasteiger charge is 2.37. The van der Waals surface area contributed by atoms with Gasteiger partial charge < -0.3 is 29.5 Å². The maximum absolute atomic E-state index is 10.00. The molecule has 0 radical (unpaired) electrons. The number of benzene rings is 2. The van der Waals surface area contributed by atoms with Crippen LogP contribution in [-0.4, -0.2) is 42.8 Å². The van der Waals surface area contributed by atoms with Crippen molar-refractivity contribution in [2.24, 2.45) is 0 Å². The van der Waals surface area contributed by atoms with Gasteiger partial charge >= 0.3 is 0 Å². The minimum absolute atomic E-state index is 0.0429. The van der Waals surface area contributed by atoms with Gasteiger partial charge in [0, 0.05) is 5.56 Å². The number of aromatic hydroxyl groups is 1. The van der Waals surface area contributed by atoms with Crippen molar-refractivity contribution < 1.29 is 29.5 Å². The summed E-state index contributed by atoms with van der Waals surface area (Å²) in [6.07, 6.45) is 2.98. The summed E-state index contributed by atoms with van der Waals surface area (Å²) in [7, 11) is 3.04. The average Bonchev–Trinajstić information content (AvgIpc) is 3.04. The van der Waals surface area contributed by atoms with Crippen molar-refractivity contribution in [2.75, 3.05) is 27.4 Å². The molecule has 0 aromatic heterocycles. The van der Waals surface area contributed by atoms with E-state index in [0.29, 0.717) is 17.2 Å². The Hall–Kier alpha value is -2.70. The molecule has 2 aromatic carbocycles. The second kappa shape index (κ2) is 7.68. The van der Waals surface area contributed by atoms with Gasteiger partial charge in [0.25, 0.3) is 0 Å². The number of rotatable bonds is 6. The molecule has 1 aliphatic rings. The van der Waals surface area contributed by atoms with Crippen LogP contribution in [0.5, 0.6) is 23.0 Å². The van der Waals surface area contributed by atoms with Crippen molar-refractivity contribution in [1.82, 2.24) is 0 Å². The van der Waals surface area contributed by atoms with Crippen LogP contribution in [0.3, 0.4) is 0 Å². The number of hydrogen-bond acceptors (Lipinski definition) is 6. The molecule has 3 N–H and O–H groups in total. The highest BCUT2D eigenvalue weighted by atomic mass is 16.5. The molecule has 2 unspecified atom stereocenters. The number of hydrogen-bond donors (Lipinski definition) is 3. The molecule has 3 rings (SSSR count). The Morgan fingerprint density at radius 3 is 2.50 bits per heavy atom. The first kappa shape index (κ1) is 18.1. The Balaban J connectivity index is 2.04. The number of fused-ring (bicyclic) bond motifs is 1. The van der Waals surface area contributed by atoms with E-state index in [1.165, 1.54) is 7.11 Å². The number of aliphatic hydroxyl groups is 2. The highest BCUT2D eigenvalue weighted by Crippen LogP contribution is 2.51. The van der Waals surface area contributed by atoms with Gasteiger partial charge in [0.05, 0.1) is 33.4 Å². The van der Waals surface area contributed by atoms with Crippen LogP contribution in [0.2, 0.25) is 0 Å². The summed E-state index contributed by atoms with van der Waals surface area (Å²) in [6.45, 7) is -0.174. The molecule has 6 heteroatoms. The zero-order valence-corrected chi connectivity index (χ0v) is 14.7. The first-order chi connectivity index (χ1) is 12.6. The molecular weight excluding hydrogens is 336 g/mol. The number of ether oxygens (including phenoxy) is 3. The molecule has 2 atom stereocenters. The third-order valence-corrected chi connectivity index (χ3v) is 4.48. The van der Waals surface area contributed by atoms with Crippen LogP contribution in [-0.2, 0) is 0 Å². The third kappa shape index (κ3) is 3.21. The standard InChI is InChI=1S/C20H22O6/c1-24-17-10-13(5-6-16(17)23)19-15(11-22)14-8-12(4-3-7-21)9-18(25-2)20(14)26-19/h3-6,8-10,15,19,21-23H,7,11H2,1-2H3/b4-3-. The fourth-order valence-corrected chi connectivity index (χ4v) is 3.22. The Bertz CT molecular complexity index is 814. The van der Waals surface area contributed by atoms with Gasteiger partial charge in [-0.2, -0.15) is 0 Å². The smallest absolute Gasteiger partial charge is 0.165 e. The molecule has 0 aliphatic carbocycles. The van der Waals surface area contributed by atoms with Crippen molar-refractivity contribution in [3.63, 3.8) is 0 Å². The Kier molecular flexibility index (Phi) is 5.35. The summed E-state index contributed by atoms with van der Waals surface area (Å²) in [5, 5.41) is 28.8. The molecule has 0 saturated heterocycles. The summed E-state index contributed by atoms with van der Waals surface area (Å²) in [5.74, 6) is 1.24. The fraction of sp³-hybridized carbons (Fsp3) is 0.300. The number of methoxy groups -OCH3 is 2. The molecule has 1 heterocycles. The van der Waals surface area contributed by atoms with Gasteiger partial charge in [-0.15, -0.1) is 0 Å². The van der Waals surface area contributed by atoms with E-state index in [0.717, 1.165) is 16.7 Å². The number of phenols is 1. The zero-order valence-electron chi connectivity index (χ0n) is 14.7. The topological polar surface area (TPSA) is 88.4 Å². The van der Waals surface area contributed by atoms with E-state index in [1.54, 1.807) is 37.5 Å². The van der Waals surface area contributed by atoms with Crippen molar-refractivity contribution in [2.45, 2.75) is 12.0 Å². The lowest BCUT2D eigenvalue weighted by molar-refractivity contribution is 0.157. The summed E-state index contributed by atoms with van der Waals surface area (Å²) < 4.78 is 16.7. The predicted molar refractivity (Wildman–Crippen MR) is 97.0 cm³/mol. The second-order valence-corrected chi connectivity index (χ2v) is 5.99. The second-order valence-electron chi connectivity index (χ2n) is 5.99. The van der Waals surface area contributed by atoms with Gasteiger partial charge in [0.2, 0.25) is 0 Å². The molecule has 0 bridgehead atoms. The largest absolute Gasteiger partial charge is 0.504 e. The SMILES string of the molecule is COc1cc(C2Oc3c(OC)cc(/C=C\CO)cc3C2CO)ccc1O. The summed E-state index contributed by atoms with van der Waals surface area (Å²) >= 11 is 0. The van der Waals surface area contributed by atoms with Crippen LogP contribution in [0.15, 0.2) is 36.4 Å². The quantitative estimate of drug-likeness (QED) is 0.736. The van der Waals surface area contributed by atoms with Gasteiger partial charge in [0.1, 0.15) is 6.10 Å². The zero-order chi connectivity index (χ0) is 18.7. The van der Waals surface area contributed by atoms with Gasteiger partial charge in [-0.25, -0.2) is 0 Å². The van der Waals surface area contributed by atoms with E-state index < -0.39 is 6.10 Å². The number of phenolic OH excluding ortho intramolecular Hbond substituents is 1. The Morgan fingerprint density at radius 1 is 1.08 bits per heavy atom. The average molecular weight is 358 g/mol. The van der Waals surface area contributed by atoms with E-state index in [9.17, 15) is 10.2 Å². The Morgan fingerprint density at radius 2 is 1.85 bits per heavy atom. The van der Waals surface area contributed by atoms with Gasteiger partial charge in [-0.3, -0.25) is 0 Å². The van der Waals surface area contributed by atoms with E-state index in [4.69, 9.17) is 19.3 Å². The molecule has 26 heavy (non-hydrogen) atoms. The third-order valence-electron chi connectivity index (χ3n) is 4.48. The van der Waals surface area contributed by atoms with Crippen molar-refractivity contribution in [1.29, 1.82) is 0 Å². The van der Waals surface area contributed by atoms with Crippen LogP contribution >= 0.6 is 0 Å². The van der Waals surface area contributed by atoms with Crippen molar-refractivity contribution in [3.05, 3.63) is 53.1 Å². The molecule has 0 fully saturated rings. The monoisotopic (exact) mass is 358 g/mol. The fourth-order valence-electron chi connectivity index (χ4n) is 3.22. The molecule has 138 valence electrons. The van der Waals surface area contributed by atoms with Crippen molar-refractivity contribution in [3.8, 4) is 23.0 Å². The number of aliphatic hydroxyl groups excluding tert-OH is 2. The first-order valence-corrected chi connectivity index (χ1v) is 8.26. The maximum atomic E-state index is 10.00. The normalized spacial score (nSPS) is 18.6. The van der Waals surface area contributed by atoms with Crippen LogP contribution in [0.1, 0.15) is 28.7 Å². The maximum Gasteiger partial charge on any atom is 0.165 e. The Labute approximate surface area is 151 Å². The van der Waals surface area contributed by atoms with Crippen LogP contribution in [0.25, 0.3) is 6.08 Å². The highest BCUT2D eigenvalue weighted by molar-refractivity contribution is 5.62. The molecule has 0 spiro atoms. The minimum Gasteiger partial charge on any atom is -0.504 e. The minimum atomic E-state index is -0.435. The first-order valence-electron chi connectivity index (χ1n) is 8.26. The van der Waals surface area contributed by atoms with Crippen LogP contribution in [0, 0.1) is 0 Å². The van der Waals surface area contributed by atoms with E-state index in [1.807, 2.05) is 12.1 Å². The van der Waals surface area contributed by atoms with Crippen molar-refractivity contribution >= 4 is 6.08 Å². The molecular formula is C20H22O6. The molecule has 0 amide bonds.